The van der Waals surface area contributed by atoms with Crippen molar-refractivity contribution in [1.29, 1.82) is 0 Å². The van der Waals surface area contributed by atoms with E-state index in [4.69, 9.17) is 0 Å². The molecule has 0 N–H and O–H groups in total. The molecule has 0 unspecified atom stereocenters. The van der Waals surface area contributed by atoms with E-state index in [9.17, 15) is 4.39 Å². The summed E-state index contributed by atoms with van der Waals surface area (Å²) in [5, 5.41) is 0. The standard InChI is InChI=1S/C12H10FN.C2H6/c1-9-6-11(8-12(13)7-9)10-2-4-14-5-3-10;1-2/h2-8H,1H3;1-2H3. The van der Waals surface area contributed by atoms with Crippen LogP contribution in [0.15, 0.2) is 42.7 Å². The topological polar surface area (TPSA) is 12.9 Å². The first-order valence-corrected chi connectivity index (χ1v) is 5.43. The molecule has 1 heterocycles. The quantitative estimate of drug-likeness (QED) is 0.696. The van der Waals surface area contributed by atoms with Crippen LogP contribution in [-0.4, -0.2) is 4.98 Å². The smallest absolute Gasteiger partial charge is 0.124 e. The highest BCUT2D eigenvalue weighted by Crippen LogP contribution is 2.20. The van der Waals surface area contributed by atoms with Gasteiger partial charge in [0.1, 0.15) is 5.82 Å². The van der Waals surface area contributed by atoms with Gasteiger partial charge in [0.25, 0.3) is 0 Å². The Bertz CT molecular complexity index is 417. The van der Waals surface area contributed by atoms with Crippen molar-refractivity contribution in [2.45, 2.75) is 20.8 Å². The second-order valence-electron chi connectivity index (χ2n) is 3.25. The third-order valence-electron chi connectivity index (χ3n) is 2.06. The first-order valence-electron chi connectivity index (χ1n) is 5.43. The molecule has 2 heteroatoms. The predicted octanol–water partition coefficient (Wildman–Crippen LogP) is 4.22. The van der Waals surface area contributed by atoms with Crippen molar-refractivity contribution in [3.05, 3.63) is 54.1 Å². The summed E-state index contributed by atoms with van der Waals surface area (Å²) in [7, 11) is 0. The van der Waals surface area contributed by atoms with Gasteiger partial charge in [-0.25, -0.2) is 4.39 Å². The maximum absolute atomic E-state index is 13.1. The first-order chi connectivity index (χ1) is 7.75. The molecule has 0 atom stereocenters. The van der Waals surface area contributed by atoms with Crippen LogP contribution in [0.25, 0.3) is 11.1 Å². The third kappa shape index (κ3) is 3.16. The molecule has 0 saturated heterocycles. The molecule has 84 valence electrons. The highest BCUT2D eigenvalue weighted by molar-refractivity contribution is 5.63. The van der Waals surface area contributed by atoms with Crippen LogP contribution in [0.5, 0.6) is 0 Å². The summed E-state index contributed by atoms with van der Waals surface area (Å²) < 4.78 is 13.1. The van der Waals surface area contributed by atoms with Crippen LogP contribution in [0, 0.1) is 12.7 Å². The van der Waals surface area contributed by atoms with Crippen molar-refractivity contribution < 1.29 is 4.39 Å². The molecule has 0 fully saturated rings. The largest absolute Gasteiger partial charge is 0.265 e. The maximum atomic E-state index is 13.1. The molecule has 1 nitrogen and oxygen atoms in total. The zero-order chi connectivity index (χ0) is 12.0. The van der Waals surface area contributed by atoms with Crippen LogP contribution in [0.4, 0.5) is 4.39 Å². The summed E-state index contributed by atoms with van der Waals surface area (Å²) in [5.41, 5.74) is 2.81. The lowest BCUT2D eigenvalue weighted by atomic mass is 10.0. The van der Waals surface area contributed by atoms with Crippen LogP contribution in [0.2, 0.25) is 0 Å². The van der Waals surface area contributed by atoms with Gasteiger partial charge in [-0.05, 0) is 47.9 Å². The number of aryl methyl sites for hydroxylation is 1. The van der Waals surface area contributed by atoms with E-state index in [0.29, 0.717) is 0 Å². The van der Waals surface area contributed by atoms with Crippen molar-refractivity contribution in [3.63, 3.8) is 0 Å². The number of aromatic nitrogens is 1. The van der Waals surface area contributed by atoms with Gasteiger partial charge in [-0.3, -0.25) is 4.98 Å². The van der Waals surface area contributed by atoms with Gasteiger partial charge in [-0.2, -0.15) is 0 Å². The molecule has 2 rings (SSSR count). The zero-order valence-corrected chi connectivity index (χ0v) is 9.87. The summed E-state index contributed by atoms with van der Waals surface area (Å²) in [6.07, 6.45) is 3.41. The summed E-state index contributed by atoms with van der Waals surface area (Å²) in [4.78, 5) is 3.92. The number of hydrogen-bond acceptors (Lipinski definition) is 1. The molecule has 0 aliphatic carbocycles. The SMILES string of the molecule is CC.Cc1cc(F)cc(-c2ccncc2)c1. The fourth-order valence-corrected chi connectivity index (χ4v) is 1.45. The molecular weight excluding hydrogens is 201 g/mol. The van der Waals surface area contributed by atoms with Crippen LogP contribution in [0.3, 0.4) is 0 Å². The van der Waals surface area contributed by atoms with Crippen molar-refractivity contribution in [3.8, 4) is 11.1 Å². The molecule has 1 aromatic carbocycles. The van der Waals surface area contributed by atoms with E-state index < -0.39 is 0 Å². The minimum Gasteiger partial charge on any atom is -0.265 e. The van der Waals surface area contributed by atoms with Gasteiger partial charge < -0.3 is 0 Å². The Hall–Kier alpha value is -1.70. The Balaban J connectivity index is 0.000000606. The summed E-state index contributed by atoms with van der Waals surface area (Å²) in [6.45, 7) is 5.88. The van der Waals surface area contributed by atoms with E-state index in [2.05, 4.69) is 4.98 Å². The Morgan fingerprint density at radius 1 is 0.938 bits per heavy atom. The van der Waals surface area contributed by atoms with Gasteiger partial charge in [0.15, 0.2) is 0 Å². The van der Waals surface area contributed by atoms with Gasteiger partial charge in [0.05, 0.1) is 0 Å². The normalized spacial score (nSPS) is 9.25. The Morgan fingerprint density at radius 3 is 2.12 bits per heavy atom. The average molecular weight is 217 g/mol. The number of hydrogen-bond donors (Lipinski definition) is 0. The molecule has 0 radical (unpaired) electrons. The van der Waals surface area contributed by atoms with E-state index in [1.165, 1.54) is 12.1 Å². The molecule has 1 aromatic heterocycles. The summed E-state index contributed by atoms with van der Waals surface area (Å²) in [5.74, 6) is -0.197. The number of nitrogens with zero attached hydrogens (tertiary/aromatic N) is 1. The van der Waals surface area contributed by atoms with Crippen LogP contribution in [0.1, 0.15) is 19.4 Å². The van der Waals surface area contributed by atoms with Gasteiger partial charge in [0, 0.05) is 12.4 Å². The number of pyridine rings is 1. The number of halogens is 1. The van der Waals surface area contributed by atoms with Crippen molar-refractivity contribution >= 4 is 0 Å². The van der Waals surface area contributed by atoms with E-state index in [0.717, 1.165) is 16.7 Å². The fraction of sp³-hybridized carbons (Fsp3) is 0.214. The minimum atomic E-state index is -0.197. The van der Waals surface area contributed by atoms with E-state index in [1.807, 2.05) is 39.0 Å². The summed E-state index contributed by atoms with van der Waals surface area (Å²) in [6, 6.07) is 8.74. The molecule has 2 aromatic rings. The number of rotatable bonds is 1. The first kappa shape index (κ1) is 12.4. The zero-order valence-electron chi connectivity index (χ0n) is 9.87. The lowest BCUT2D eigenvalue weighted by molar-refractivity contribution is 0.627. The van der Waals surface area contributed by atoms with Crippen LogP contribution >= 0.6 is 0 Å². The van der Waals surface area contributed by atoms with Crippen molar-refractivity contribution in [2.24, 2.45) is 0 Å². The van der Waals surface area contributed by atoms with Gasteiger partial charge in [0.2, 0.25) is 0 Å². The van der Waals surface area contributed by atoms with E-state index >= 15 is 0 Å². The molecule has 0 saturated carbocycles. The average Bonchev–Trinajstić information content (AvgIpc) is 2.32. The Kier molecular flexibility index (Phi) is 4.65. The number of benzene rings is 1. The minimum absolute atomic E-state index is 0.197. The monoisotopic (exact) mass is 217 g/mol. The van der Waals surface area contributed by atoms with Crippen molar-refractivity contribution in [2.75, 3.05) is 0 Å². The van der Waals surface area contributed by atoms with Crippen LogP contribution in [-0.2, 0) is 0 Å². The predicted molar refractivity (Wildman–Crippen MR) is 65.7 cm³/mol. The van der Waals surface area contributed by atoms with E-state index in [-0.39, 0.29) is 5.82 Å². The highest BCUT2D eigenvalue weighted by Gasteiger charge is 1.99. The van der Waals surface area contributed by atoms with Crippen LogP contribution < -0.4 is 0 Å². The molecule has 0 aliphatic heterocycles. The molecule has 0 amide bonds. The molecule has 0 bridgehead atoms. The van der Waals surface area contributed by atoms with Gasteiger partial charge >= 0.3 is 0 Å². The van der Waals surface area contributed by atoms with Gasteiger partial charge in [-0.1, -0.05) is 19.9 Å². The second kappa shape index (κ2) is 6.01. The lowest BCUT2D eigenvalue weighted by Crippen LogP contribution is -1.83. The second-order valence-corrected chi connectivity index (χ2v) is 3.25. The maximum Gasteiger partial charge on any atom is 0.124 e. The van der Waals surface area contributed by atoms with Gasteiger partial charge in [-0.15, -0.1) is 0 Å². The van der Waals surface area contributed by atoms with E-state index in [1.54, 1.807) is 12.4 Å². The molecule has 0 aliphatic rings. The van der Waals surface area contributed by atoms with Crippen molar-refractivity contribution in [1.82, 2.24) is 4.98 Å². The Labute approximate surface area is 96.0 Å². The molecule has 0 spiro atoms. The molecular formula is C14H16FN. The molecule has 16 heavy (non-hydrogen) atoms. The third-order valence-corrected chi connectivity index (χ3v) is 2.06. The lowest BCUT2D eigenvalue weighted by Gasteiger charge is -2.02. The summed E-state index contributed by atoms with van der Waals surface area (Å²) >= 11 is 0. The highest BCUT2D eigenvalue weighted by atomic mass is 19.1. The Morgan fingerprint density at radius 2 is 1.56 bits per heavy atom. The fourth-order valence-electron chi connectivity index (χ4n) is 1.45.